The van der Waals surface area contributed by atoms with Gasteiger partial charge in [-0.15, -0.1) is 0 Å². The molecule has 1 aromatic carbocycles. The van der Waals surface area contributed by atoms with Gasteiger partial charge in [0.05, 0.1) is 11.5 Å². The van der Waals surface area contributed by atoms with Crippen molar-refractivity contribution in [2.45, 2.75) is 44.4 Å². The fourth-order valence-electron chi connectivity index (χ4n) is 4.97. The highest BCUT2D eigenvalue weighted by molar-refractivity contribution is 5.88. The van der Waals surface area contributed by atoms with Gasteiger partial charge in [-0.2, -0.15) is 5.26 Å². The summed E-state index contributed by atoms with van der Waals surface area (Å²) >= 11 is 0. The van der Waals surface area contributed by atoms with Crippen molar-refractivity contribution < 1.29 is 0 Å². The third-order valence-corrected chi connectivity index (χ3v) is 7.26. The van der Waals surface area contributed by atoms with Crippen LogP contribution in [0.5, 0.6) is 0 Å². The highest BCUT2D eigenvalue weighted by Crippen LogP contribution is 2.78. The van der Waals surface area contributed by atoms with Crippen LogP contribution in [-0.4, -0.2) is 24.3 Å². The molecule has 29 heavy (non-hydrogen) atoms. The summed E-state index contributed by atoms with van der Waals surface area (Å²) in [5.74, 6) is 1.79. The number of pyridine rings is 1. The van der Waals surface area contributed by atoms with E-state index in [4.69, 9.17) is 5.41 Å². The molecule has 1 aliphatic heterocycles. The summed E-state index contributed by atoms with van der Waals surface area (Å²) in [7, 11) is 0. The van der Waals surface area contributed by atoms with Gasteiger partial charge in [-0.3, -0.25) is 0 Å². The Bertz CT molecular complexity index is 995. The maximum absolute atomic E-state index is 9.86. The summed E-state index contributed by atoms with van der Waals surface area (Å²) in [5, 5.41) is 21.2. The summed E-state index contributed by atoms with van der Waals surface area (Å²) in [5.41, 5.74) is 3.69. The van der Waals surface area contributed by atoms with E-state index in [1.165, 1.54) is 19.1 Å². The van der Waals surface area contributed by atoms with Crippen LogP contribution in [0, 0.1) is 28.1 Å². The first-order chi connectivity index (χ1) is 14.1. The lowest BCUT2D eigenvalue weighted by atomic mass is 9.92. The van der Waals surface area contributed by atoms with Crippen LogP contribution in [-0.2, 0) is 5.41 Å². The monoisotopic (exact) mass is 385 g/mol. The summed E-state index contributed by atoms with van der Waals surface area (Å²) in [6.45, 7) is 4.41. The van der Waals surface area contributed by atoms with Gasteiger partial charge in [0.1, 0.15) is 5.82 Å². The number of aromatic nitrogens is 1. The molecule has 1 aromatic heterocycles. The van der Waals surface area contributed by atoms with Crippen LogP contribution >= 0.6 is 0 Å². The van der Waals surface area contributed by atoms with Crippen molar-refractivity contribution in [3.8, 4) is 6.07 Å². The summed E-state index contributed by atoms with van der Waals surface area (Å²) in [6, 6.07) is 12.7. The third-order valence-electron chi connectivity index (χ3n) is 7.26. The second-order valence-corrected chi connectivity index (χ2v) is 9.12. The maximum atomic E-state index is 9.86. The number of rotatable bonds is 5. The highest BCUT2D eigenvalue weighted by atomic mass is 15.2. The SMILES string of the molecule is CC1CCN(c2cc(Nc3cc(C4(C#N)CC45CC5)ccc3C=N)ccn2)CC1. The highest BCUT2D eigenvalue weighted by Gasteiger charge is 2.75. The van der Waals surface area contributed by atoms with Gasteiger partial charge < -0.3 is 15.6 Å². The number of benzene rings is 1. The van der Waals surface area contributed by atoms with E-state index >= 15 is 0 Å². The first kappa shape index (κ1) is 18.2. The average molecular weight is 386 g/mol. The van der Waals surface area contributed by atoms with Crippen LogP contribution in [0.4, 0.5) is 17.2 Å². The van der Waals surface area contributed by atoms with Crippen molar-refractivity contribution in [2.24, 2.45) is 11.3 Å². The Hall–Kier alpha value is -2.87. The molecule has 0 bridgehead atoms. The zero-order valence-corrected chi connectivity index (χ0v) is 16.9. The first-order valence-electron chi connectivity index (χ1n) is 10.6. The number of nitrogens with zero attached hydrogens (tertiary/aromatic N) is 3. The summed E-state index contributed by atoms with van der Waals surface area (Å²) < 4.78 is 0. The first-order valence-corrected chi connectivity index (χ1v) is 10.6. The van der Waals surface area contributed by atoms with Crippen LogP contribution in [0.25, 0.3) is 0 Å². The van der Waals surface area contributed by atoms with E-state index in [9.17, 15) is 5.26 Å². The number of piperidine rings is 1. The molecular formula is C24H27N5. The lowest BCUT2D eigenvalue weighted by molar-refractivity contribution is 0.436. The lowest BCUT2D eigenvalue weighted by Crippen LogP contribution is -2.33. The number of hydrogen-bond donors (Lipinski definition) is 2. The Morgan fingerprint density at radius 2 is 2.03 bits per heavy atom. The molecule has 1 saturated heterocycles. The Kier molecular flexibility index (Phi) is 4.13. The van der Waals surface area contributed by atoms with Crippen molar-refractivity contribution >= 4 is 23.4 Å². The molecule has 2 aliphatic carbocycles. The zero-order chi connectivity index (χ0) is 20.1. The maximum Gasteiger partial charge on any atom is 0.130 e. The number of nitriles is 1. The third kappa shape index (κ3) is 2.98. The zero-order valence-electron chi connectivity index (χ0n) is 16.9. The van der Waals surface area contributed by atoms with E-state index in [1.54, 1.807) is 0 Å². The second-order valence-electron chi connectivity index (χ2n) is 9.12. The number of nitrogens with one attached hydrogen (secondary N) is 2. The van der Waals surface area contributed by atoms with E-state index in [1.807, 2.05) is 24.4 Å². The lowest BCUT2D eigenvalue weighted by Gasteiger charge is -2.31. The fourth-order valence-corrected chi connectivity index (χ4v) is 4.97. The molecule has 2 N–H and O–H groups in total. The quantitative estimate of drug-likeness (QED) is 0.710. The Morgan fingerprint density at radius 1 is 1.24 bits per heavy atom. The Balaban J connectivity index is 1.42. The minimum absolute atomic E-state index is 0.237. The topological polar surface area (TPSA) is 75.8 Å². The van der Waals surface area contributed by atoms with Crippen LogP contribution in [0.3, 0.4) is 0 Å². The van der Waals surface area contributed by atoms with E-state index in [0.29, 0.717) is 0 Å². The van der Waals surface area contributed by atoms with Crippen molar-refractivity contribution in [1.82, 2.24) is 4.98 Å². The van der Waals surface area contributed by atoms with Crippen molar-refractivity contribution in [3.05, 3.63) is 47.7 Å². The molecule has 3 fully saturated rings. The second kappa shape index (κ2) is 6.59. The van der Waals surface area contributed by atoms with Crippen LogP contribution in [0.1, 0.15) is 50.2 Å². The average Bonchev–Trinajstić information content (AvgIpc) is 3.66. The number of anilines is 3. The van der Waals surface area contributed by atoms with Gasteiger partial charge in [-0.25, -0.2) is 4.98 Å². The molecule has 0 radical (unpaired) electrons. The number of hydrogen-bond acceptors (Lipinski definition) is 5. The largest absolute Gasteiger partial charge is 0.357 e. The molecule has 0 amide bonds. The normalized spacial score (nSPS) is 24.8. The van der Waals surface area contributed by atoms with Crippen LogP contribution < -0.4 is 10.2 Å². The predicted octanol–water partition coefficient (Wildman–Crippen LogP) is 5.00. The predicted molar refractivity (Wildman–Crippen MR) is 116 cm³/mol. The Morgan fingerprint density at radius 3 is 2.69 bits per heavy atom. The van der Waals surface area contributed by atoms with Crippen molar-refractivity contribution in [3.63, 3.8) is 0 Å². The standard InChI is InChI=1S/C24H27N5/c1-17-5-10-29(11-6-17)22-13-20(4-9-27-22)28-21-12-19(3-2-18(21)14-25)24(16-26)15-23(24)7-8-23/h2-4,9,12-14,17,25H,5-8,10-11,15H2,1H3,(H,27,28). The van der Waals surface area contributed by atoms with Crippen LogP contribution in [0.15, 0.2) is 36.5 Å². The van der Waals surface area contributed by atoms with Crippen molar-refractivity contribution in [2.75, 3.05) is 23.3 Å². The van der Waals surface area contributed by atoms with E-state index < -0.39 is 0 Å². The van der Waals surface area contributed by atoms with Gasteiger partial charge >= 0.3 is 0 Å². The molecular weight excluding hydrogens is 358 g/mol. The van der Waals surface area contributed by atoms with E-state index in [2.05, 4.69) is 40.3 Å². The molecule has 2 heterocycles. The van der Waals surface area contributed by atoms with E-state index in [0.717, 1.165) is 66.6 Å². The molecule has 148 valence electrons. The molecule has 2 aromatic rings. The minimum atomic E-state index is -0.322. The molecule has 5 heteroatoms. The molecule has 1 unspecified atom stereocenters. The fraction of sp³-hybridized carbons (Fsp3) is 0.458. The molecule has 3 aliphatic rings. The molecule has 2 saturated carbocycles. The van der Waals surface area contributed by atoms with Gasteiger partial charge in [-0.1, -0.05) is 19.1 Å². The molecule has 1 spiro atoms. The van der Waals surface area contributed by atoms with Gasteiger partial charge in [0, 0.05) is 48.5 Å². The minimum Gasteiger partial charge on any atom is -0.357 e. The molecule has 5 nitrogen and oxygen atoms in total. The molecule has 5 rings (SSSR count). The summed E-state index contributed by atoms with van der Waals surface area (Å²) in [4.78, 5) is 6.93. The smallest absolute Gasteiger partial charge is 0.130 e. The molecule has 1 atom stereocenters. The van der Waals surface area contributed by atoms with Gasteiger partial charge in [0.2, 0.25) is 0 Å². The van der Waals surface area contributed by atoms with Crippen LogP contribution in [0.2, 0.25) is 0 Å². The van der Waals surface area contributed by atoms with Gasteiger partial charge in [-0.05, 0) is 61.1 Å². The Labute approximate surface area is 172 Å². The van der Waals surface area contributed by atoms with E-state index in [-0.39, 0.29) is 10.8 Å². The van der Waals surface area contributed by atoms with Crippen molar-refractivity contribution in [1.29, 1.82) is 10.7 Å². The summed E-state index contributed by atoms with van der Waals surface area (Å²) in [6.07, 6.45) is 8.94. The van der Waals surface area contributed by atoms with Gasteiger partial charge in [0.25, 0.3) is 0 Å². The van der Waals surface area contributed by atoms with Gasteiger partial charge in [0.15, 0.2) is 0 Å².